The summed E-state index contributed by atoms with van der Waals surface area (Å²) in [6.45, 7) is 0. The molecule has 7 aliphatic rings. The van der Waals surface area contributed by atoms with E-state index in [1.807, 2.05) is 5.56 Å². The Bertz CT molecular complexity index is 1980. The molecule has 284 valence electrons. The normalized spacial score (nSPS) is 30.7. The summed E-state index contributed by atoms with van der Waals surface area (Å²) in [5, 5.41) is 6.82. The van der Waals surface area contributed by atoms with E-state index in [9.17, 15) is 0 Å². The highest BCUT2D eigenvalue weighted by Crippen LogP contribution is 2.54. The predicted molar refractivity (Wildman–Crippen MR) is 230 cm³/mol. The molecule has 5 fully saturated rings. The van der Waals surface area contributed by atoms with Crippen LogP contribution in [0.1, 0.15) is 199 Å². The van der Waals surface area contributed by atoms with E-state index in [1.165, 1.54) is 173 Å². The van der Waals surface area contributed by atoms with Crippen LogP contribution < -0.4 is 0 Å². The van der Waals surface area contributed by atoms with Crippen LogP contribution in [0.5, 0.6) is 0 Å². The van der Waals surface area contributed by atoms with Crippen LogP contribution in [0.4, 0.5) is 0 Å². The van der Waals surface area contributed by atoms with Gasteiger partial charge in [0.25, 0.3) is 0 Å². The lowest BCUT2D eigenvalue weighted by Crippen LogP contribution is -2.25. The predicted octanol–water partition coefficient (Wildman–Crippen LogP) is 15.7. The van der Waals surface area contributed by atoms with Crippen molar-refractivity contribution >= 4 is 21.5 Å². The fourth-order valence-electron chi connectivity index (χ4n) is 14.9. The maximum Gasteiger partial charge on any atom is -0.0131 e. The minimum Gasteiger partial charge on any atom is -0.0620 e. The molecule has 0 heteroatoms. The Morgan fingerprint density at radius 2 is 0.833 bits per heavy atom. The Hall–Kier alpha value is -2.60. The molecule has 0 N–H and O–H groups in total. The monoisotopic (exact) mass is 717 g/mol. The maximum absolute atomic E-state index is 2.90. The van der Waals surface area contributed by atoms with E-state index < -0.39 is 0 Å². The molecular formula is C54H68. The van der Waals surface area contributed by atoms with Crippen LogP contribution in [-0.2, 0) is 19.3 Å². The molecule has 0 heterocycles. The highest BCUT2D eigenvalue weighted by molar-refractivity contribution is 6.09. The summed E-state index contributed by atoms with van der Waals surface area (Å²) in [6, 6.07) is 20.8. The molecule has 0 saturated heterocycles. The van der Waals surface area contributed by atoms with Crippen molar-refractivity contribution in [1.82, 2.24) is 0 Å². The van der Waals surface area contributed by atoms with Crippen molar-refractivity contribution in [3.63, 3.8) is 0 Å². The minimum atomic E-state index is 0.701. The van der Waals surface area contributed by atoms with Gasteiger partial charge in [-0.2, -0.15) is 0 Å². The summed E-state index contributed by atoms with van der Waals surface area (Å²) in [6.07, 6.45) is 37.5. The largest absolute Gasteiger partial charge is 0.0620 e. The van der Waals surface area contributed by atoms with Crippen molar-refractivity contribution in [2.75, 3.05) is 0 Å². The molecule has 0 aliphatic heterocycles. The Kier molecular flexibility index (Phi) is 9.44. The number of aryl methyl sites for hydroxylation is 3. The molecule has 54 heavy (non-hydrogen) atoms. The molecule has 4 aromatic carbocycles. The molecule has 0 amide bonds. The highest BCUT2D eigenvalue weighted by atomic mass is 14.4. The SMILES string of the molecule is c1ccc2c(c1)CCc1cc3c(C4CCC(C5CCCCC5)CC4)c4cc5c(cc4c(C4CCC(C6CCCCC6)CC4)c3cc1-2)CCC1CCCCC51. The van der Waals surface area contributed by atoms with Crippen LogP contribution in [0.25, 0.3) is 32.7 Å². The molecular weight excluding hydrogens is 649 g/mol. The van der Waals surface area contributed by atoms with E-state index in [-0.39, 0.29) is 0 Å². The molecule has 4 aromatic rings. The smallest absolute Gasteiger partial charge is 0.0131 e. The average molecular weight is 717 g/mol. The molecule has 0 nitrogen and oxygen atoms in total. The van der Waals surface area contributed by atoms with Gasteiger partial charge in [-0.25, -0.2) is 0 Å². The summed E-state index contributed by atoms with van der Waals surface area (Å²) in [7, 11) is 0. The van der Waals surface area contributed by atoms with Crippen molar-refractivity contribution in [2.45, 2.75) is 185 Å². The van der Waals surface area contributed by atoms with E-state index in [0.29, 0.717) is 11.8 Å². The van der Waals surface area contributed by atoms with Gasteiger partial charge in [0.05, 0.1) is 0 Å². The van der Waals surface area contributed by atoms with E-state index in [4.69, 9.17) is 0 Å². The first-order valence-corrected chi connectivity index (χ1v) is 23.9. The van der Waals surface area contributed by atoms with Gasteiger partial charge >= 0.3 is 0 Å². The van der Waals surface area contributed by atoms with E-state index >= 15 is 0 Å². The minimum absolute atomic E-state index is 0.701. The van der Waals surface area contributed by atoms with E-state index in [1.54, 1.807) is 54.9 Å². The van der Waals surface area contributed by atoms with Gasteiger partial charge in [-0.1, -0.05) is 120 Å². The zero-order valence-corrected chi connectivity index (χ0v) is 33.6. The molecule has 0 radical (unpaired) electrons. The molecule has 5 saturated carbocycles. The zero-order valence-electron chi connectivity index (χ0n) is 33.6. The number of benzene rings is 4. The van der Waals surface area contributed by atoms with Crippen molar-refractivity contribution in [3.8, 4) is 11.1 Å². The second kappa shape index (κ2) is 14.7. The molecule has 0 bridgehead atoms. The van der Waals surface area contributed by atoms with Crippen LogP contribution in [0, 0.1) is 29.6 Å². The second-order valence-corrected chi connectivity index (χ2v) is 20.3. The number of rotatable bonds is 4. The summed E-state index contributed by atoms with van der Waals surface area (Å²) in [5.41, 5.74) is 13.4. The van der Waals surface area contributed by atoms with Crippen LogP contribution >= 0.6 is 0 Å². The second-order valence-electron chi connectivity index (χ2n) is 20.3. The summed E-state index contributed by atoms with van der Waals surface area (Å²) < 4.78 is 0. The van der Waals surface area contributed by atoms with Crippen LogP contribution in [0.15, 0.2) is 48.5 Å². The van der Waals surface area contributed by atoms with Crippen molar-refractivity contribution in [1.29, 1.82) is 0 Å². The Morgan fingerprint density at radius 1 is 0.333 bits per heavy atom. The van der Waals surface area contributed by atoms with Gasteiger partial charge < -0.3 is 0 Å². The van der Waals surface area contributed by atoms with Gasteiger partial charge in [-0.15, -0.1) is 0 Å². The highest BCUT2D eigenvalue weighted by Gasteiger charge is 2.37. The van der Waals surface area contributed by atoms with Crippen molar-refractivity contribution in [2.24, 2.45) is 29.6 Å². The molecule has 2 atom stereocenters. The van der Waals surface area contributed by atoms with Gasteiger partial charge in [0.15, 0.2) is 0 Å². The quantitative estimate of drug-likeness (QED) is 0.184. The third kappa shape index (κ3) is 6.13. The number of hydrogen-bond donors (Lipinski definition) is 0. The van der Waals surface area contributed by atoms with Gasteiger partial charge in [0, 0.05) is 0 Å². The summed E-state index contributed by atoms with van der Waals surface area (Å²) in [5.74, 6) is 7.15. The van der Waals surface area contributed by atoms with Crippen LogP contribution in [0.2, 0.25) is 0 Å². The van der Waals surface area contributed by atoms with Gasteiger partial charge in [-0.05, 0) is 209 Å². The summed E-state index contributed by atoms with van der Waals surface area (Å²) in [4.78, 5) is 0. The van der Waals surface area contributed by atoms with Gasteiger partial charge in [0.1, 0.15) is 0 Å². The van der Waals surface area contributed by atoms with E-state index in [2.05, 4.69) is 48.5 Å². The third-order valence-corrected chi connectivity index (χ3v) is 17.7. The lowest BCUT2D eigenvalue weighted by molar-refractivity contribution is 0.186. The fraction of sp³-hybridized carbons (Fsp3) is 0.630. The topological polar surface area (TPSA) is 0 Å². The standard InChI is InChI=1S/C54H68/c1-3-11-35(12-4-1)37-19-25-41(26-20-37)53-49-31-43-29-23-40-16-8-10-18-46(40)48(43)34-52(49)54(42-27-21-38(22-28-42)36-13-5-2-6-14-36)50-32-44-30-24-39-15-7-9-17-45(39)47(44)33-51(50)53/h7,9,15,17,31-38,40-42,46H,1-6,8,10-14,16,18-30H2. The molecule has 0 aromatic heterocycles. The van der Waals surface area contributed by atoms with Crippen molar-refractivity contribution in [3.05, 3.63) is 81.9 Å². The molecule has 7 aliphatic carbocycles. The lowest BCUT2D eigenvalue weighted by atomic mass is 9.65. The Morgan fingerprint density at radius 3 is 1.50 bits per heavy atom. The average Bonchev–Trinajstić information content (AvgIpc) is 3.25. The zero-order chi connectivity index (χ0) is 35.6. The first-order valence-electron chi connectivity index (χ1n) is 23.9. The first-order chi connectivity index (χ1) is 26.8. The molecule has 2 unspecified atom stereocenters. The van der Waals surface area contributed by atoms with E-state index in [0.717, 1.165) is 35.5 Å². The van der Waals surface area contributed by atoms with Crippen molar-refractivity contribution < 1.29 is 0 Å². The van der Waals surface area contributed by atoms with Crippen LogP contribution in [0.3, 0.4) is 0 Å². The van der Waals surface area contributed by atoms with Gasteiger partial charge in [-0.3, -0.25) is 0 Å². The molecule has 11 rings (SSSR count). The Balaban J connectivity index is 1.09. The lowest BCUT2D eigenvalue weighted by Gasteiger charge is -2.40. The number of fused-ring (bicyclic) bond motifs is 8. The first kappa shape index (κ1) is 34.6. The fourth-order valence-corrected chi connectivity index (χ4v) is 14.9. The summed E-state index contributed by atoms with van der Waals surface area (Å²) >= 11 is 0. The number of hydrogen-bond acceptors (Lipinski definition) is 0. The maximum atomic E-state index is 2.90. The molecule has 0 spiro atoms. The third-order valence-electron chi connectivity index (χ3n) is 17.7. The Labute approximate surface area is 327 Å². The van der Waals surface area contributed by atoms with Crippen LogP contribution in [-0.4, -0.2) is 0 Å². The van der Waals surface area contributed by atoms with Gasteiger partial charge in [0.2, 0.25) is 0 Å².